The molecule has 0 radical (unpaired) electrons. The van der Waals surface area contributed by atoms with Gasteiger partial charge in [0.15, 0.2) is 5.75 Å². The van der Waals surface area contributed by atoms with Crippen LogP contribution in [0.2, 0.25) is 10.0 Å². The van der Waals surface area contributed by atoms with Crippen molar-refractivity contribution in [3.8, 4) is 11.5 Å². The van der Waals surface area contributed by atoms with Crippen LogP contribution in [0.3, 0.4) is 0 Å². The van der Waals surface area contributed by atoms with E-state index in [4.69, 9.17) is 32.7 Å². The summed E-state index contributed by atoms with van der Waals surface area (Å²) in [6.07, 6.45) is 1.60. The molecule has 1 aliphatic heterocycles. The normalized spacial score (nSPS) is 14.7. The minimum absolute atomic E-state index is 0.157. The van der Waals surface area contributed by atoms with Crippen molar-refractivity contribution in [2.45, 2.75) is 13.5 Å². The Hall–Kier alpha value is -2.93. The molecule has 0 aliphatic carbocycles. The van der Waals surface area contributed by atoms with E-state index in [1.165, 1.54) is 4.90 Å². The van der Waals surface area contributed by atoms with Crippen LogP contribution in [0.15, 0.2) is 71.6 Å². The number of para-hydroxylation sites is 1. The van der Waals surface area contributed by atoms with Gasteiger partial charge in [-0.1, -0.05) is 71.2 Å². The molecule has 0 N–H and O–H groups in total. The van der Waals surface area contributed by atoms with E-state index in [1.54, 1.807) is 18.2 Å². The highest BCUT2D eigenvalue weighted by Gasteiger charge is 2.34. The predicted octanol–water partition coefficient (Wildman–Crippen LogP) is 7.00. The van der Waals surface area contributed by atoms with Crippen molar-refractivity contribution in [1.82, 2.24) is 4.90 Å². The van der Waals surface area contributed by atoms with Crippen LogP contribution in [-0.4, -0.2) is 29.2 Å². The number of thioether (sulfide) groups is 1. The third-order valence-electron chi connectivity index (χ3n) is 5.02. The zero-order valence-corrected chi connectivity index (χ0v) is 20.6. The van der Waals surface area contributed by atoms with Gasteiger partial charge in [0.05, 0.1) is 21.5 Å². The molecule has 1 fully saturated rings. The molecule has 3 aromatic carbocycles. The monoisotopic (exact) mass is 513 g/mol. The van der Waals surface area contributed by atoms with Gasteiger partial charge < -0.3 is 9.47 Å². The molecule has 0 saturated carbocycles. The number of amides is 2. The number of hydrogen-bond donors (Lipinski definition) is 0. The Bertz CT molecular complexity index is 1210. The molecule has 34 heavy (non-hydrogen) atoms. The van der Waals surface area contributed by atoms with Gasteiger partial charge in [0.25, 0.3) is 11.1 Å². The summed E-state index contributed by atoms with van der Waals surface area (Å²) >= 11 is 13.7. The second-order valence-corrected chi connectivity index (χ2v) is 9.39. The molecule has 1 aliphatic rings. The molecule has 0 spiro atoms. The van der Waals surface area contributed by atoms with E-state index < -0.39 is 0 Å². The van der Waals surface area contributed by atoms with Crippen LogP contribution in [0.25, 0.3) is 6.08 Å². The third kappa shape index (κ3) is 5.95. The summed E-state index contributed by atoms with van der Waals surface area (Å²) in [6.45, 7) is 2.71. The van der Waals surface area contributed by atoms with E-state index in [9.17, 15) is 9.59 Å². The summed E-state index contributed by atoms with van der Waals surface area (Å²) in [6, 6.07) is 20.5. The summed E-state index contributed by atoms with van der Waals surface area (Å²) in [5.74, 6) is 0.671. The maximum absolute atomic E-state index is 12.8. The van der Waals surface area contributed by atoms with Gasteiger partial charge in [-0.05, 0) is 60.2 Å². The number of halogens is 2. The Morgan fingerprint density at radius 2 is 1.62 bits per heavy atom. The Labute approximate surface area is 212 Å². The summed E-state index contributed by atoms with van der Waals surface area (Å²) in [4.78, 5) is 26.6. The topological polar surface area (TPSA) is 55.8 Å². The van der Waals surface area contributed by atoms with E-state index in [-0.39, 0.29) is 24.3 Å². The summed E-state index contributed by atoms with van der Waals surface area (Å²) in [5, 5.41) is 0.297. The minimum atomic E-state index is -0.376. The lowest BCUT2D eigenvalue weighted by molar-refractivity contribution is -0.123. The fourth-order valence-electron chi connectivity index (χ4n) is 3.26. The Morgan fingerprint density at radius 3 is 2.29 bits per heavy atom. The zero-order valence-electron chi connectivity index (χ0n) is 18.3. The lowest BCUT2D eigenvalue weighted by Gasteiger charge is -2.13. The predicted molar refractivity (Wildman–Crippen MR) is 137 cm³/mol. The number of benzene rings is 3. The first-order valence-electron chi connectivity index (χ1n) is 10.5. The van der Waals surface area contributed by atoms with Gasteiger partial charge >= 0.3 is 0 Å². The Kier molecular flexibility index (Phi) is 7.83. The SMILES string of the molecule is Cc1ccc(COc2c(Cl)cc(/C=C3\SC(=O)N(CCOc4ccccc4)C3=O)cc2Cl)cc1. The number of hydrogen-bond acceptors (Lipinski definition) is 5. The lowest BCUT2D eigenvalue weighted by Crippen LogP contribution is -2.32. The first kappa shape index (κ1) is 24.2. The van der Waals surface area contributed by atoms with Crippen LogP contribution in [0.5, 0.6) is 11.5 Å². The molecule has 174 valence electrons. The third-order valence-corrected chi connectivity index (χ3v) is 6.49. The van der Waals surface area contributed by atoms with Gasteiger partial charge in [-0.25, -0.2) is 0 Å². The van der Waals surface area contributed by atoms with Gasteiger partial charge in [0.2, 0.25) is 0 Å². The number of carbonyl (C=O) groups excluding carboxylic acids is 2. The summed E-state index contributed by atoms with van der Waals surface area (Å²) < 4.78 is 11.4. The largest absolute Gasteiger partial charge is 0.492 e. The second kappa shape index (κ2) is 11.0. The molecule has 0 atom stereocenters. The first-order valence-corrected chi connectivity index (χ1v) is 12.1. The lowest BCUT2D eigenvalue weighted by atomic mass is 10.1. The molecular weight excluding hydrogens is 493 g/mol. The van der Waals surface area contributed by atoms with Crippen molar-refractivity contribution >= 4 is 52.2 Å². The quantitative estimate of drug-likeness (QED) is 0.303. The smallest absolute Gasteiger partial charge is 0.293 e. The average Bonchev–Trinajstić information content (AvgIpc) is 3.07. The number of ether oxygens (including phenoxy) is 2. The maximum atomic E-state index is 12.8. The minimum Gasteiger partial charge on any atom is -0.492 e. The molecule has 0 bridgehead atoms. The molecule has 0 aromatic heterocycles. The van der Waals surface area contributed by atoms with Crippen molar-refractivity contribution in [2.75, 3.05) is 13.2 Å². The number of rotatable bonds is 8. The number of nitrogens with zero attached hydrogens (tertiary/aromatic N) is 1. The molecule has 8 heteroatoms. The molecule has 4 rings (SSSR count). The van der Waals surface area contributed by atoms with Gasteiger partial charge in [0, 0.05) is 0 Å². The van der Waals surface area contributed by atoms with Crippen molar-refractivity contribution in [3.63, 3.8) is 0 Å². The summed E-state index contributed by atoms with van der Waals surface area (Å²) in [5.41, 5.74) is 2.76. The van der Waals surface area contributed by atoms with Gasteiger partial charge in [-0.2, -0.15) is 0 Å². The molecule has 3 aromatic rings. The highest BCUT2D eigenvalue weighted by Crippen LogP contribution is 2.37. The highest BCUT2D eigenvalue weighted by atomic mass is 35.5. The number of aryl methyl sites for hydroxylation is 1. The number of imide groups is 1. The number of carbonyl (C=O) groups is 2. The molecule has 1 saturated heterocycles. The van der Waals surface area contributed by atoms with Gasteiger partial charge in [-0.15, -0.1) is 0 Å². The van der Waals surface area contributed by atoms with Crippen LogP contribution >= 0.6 is 35.0 Å². The van der Waals surface area contributed by atoms with Crippen LogP contribution < -0.4 is 9.47 Å². The van der Waals surface area contributed by atoms with Gasteiger partial charge in [-0.3, -0.25) is 14.5 Å². The standard InChI is InChI=1S/C26H21Cl2NO4S/c1-17-7-9-18(10-8-17)16-33-24-21(27)13-19(14-22(24)28)15-23-25(30)29(26(31)34-23)11-12-32-20-5-3-2-4-6-20/h2-10,13-15H,11-12,16H2,1H3/b23-15-. The van der Waals surface area contributed by atoms with Gasteiger partial charge in [0.1, 0.15) is 19.0 Å². The van der Waals surface area contributed by atoms with E-state index in [2.05, 4.69) is 0 Å². The highest BCUT2D eigenvalue weighted by molar-refractivity contribution is 8.18. The van der Waals surface area contributed by atoms with E-state index in [0.29, 0.717) is 38.6 Å². The van der Waals surface area contributed by atoms with Crippen molar-refractivity contribution < 1.29 is 19.1 Å². The van der Waals surface area contributed by atoms with Crippen molar-refractivity contribution in [2.24, 2.45) is 0 Å². The van der Waals surface area contributed by atoms with E-state index in [1.807, 2.05) is 61.5 Å². The van der Waals surface area contributed by atoms with Crippen LogP contribution in [0.4, 0.5) is 4.79 Å². The first-order chi connectivity index (χ1) is 16.4. The molecule has 2 amide bonds. The molecule has 1 heterocycles. The molecule has 0 unspecified atom stereocenters. The zero-order chi connectivity index (χ0) is 24.1. The Balaban J connectivity index is 1.41. The maximum Gasteiger partial charge on any atom is 0.293 e. The fourth-order valence-corrected chi connectivity index (χ4v) is 4.73. The van der Waals surface area contributed by atoms with Crippen molar-refractivity contribution in [1.29, 1.82) is 0 Å². The molecule has 5 nitrogen and oxygen atoms in total. The summed E-state index contributed by atoms with van der Waals surface area (Å²) in [7, 11) is 0. The average molecular weight is 514 g/mol. The van der Waals surface area contributed by atoms with Crippen molar-refractivity contribution in [3.05, 3.63) is 98.4 Å². The van der Waals surface area contributed by atoms with Crippen LogP contribution in [0, 0.1) is 6.92 Å². The Morgan fingerprint density at radius 1 is 0.941 bits per heavy atom. The molecular formula is C26H21Cl2NO4S. The van der Waals surface area contributed by atoms with Crippen LogP contribution in [-0.2, 0) is 11.4 Å². The fraction of sp³-hybridized carbons (Fsp3) is 0.154. The van der Waals surface area contributed by atoms with E-state index >= 15 is 0 Å². The second-order valence-electron chi connectivity index (χ2n) is 7.58. The van der Waals surface area contributed by atoms with Crippen LogP contribution in [0.1, 0.15) is 16.7 Å². The van der Waals surface area contributed by atoms with E-state index in [0.717, 1.165) is 22.9 Å².